The van der Waals surface area contributed by atoms with E-state index in [2.05, 4.69) is 13.2 Å². The molecule has 0 saturated carbocycles. The van der Waals surface area contributed by atoms with E-state index in [9.17, 15) is 18.3 Å². The monoisotopic (exact) mass is 442 g/mol. The van der Waals surface area contributed by atoms with E-state index >= 15 is 0 Å². The highest BCUT2D eigenvalue weighted by atomic mass is 32.2. The molecule has 29 heavy (non-hydrogen) atoms. The molecule has 0 atom stereocenters. The van der Waals surface area contributed by atoms with Crippen molar-refractivity contribution in [2.24, 2.45) is 0 Å². The van der Waals surface area contributed by atoms with Crippen LogP contribution in [0.1, 0.15) is 28.1 Å². The van der Waals surface area contributed by atoms with E-state index in [0.717, 1.165) is 11.3 Å². The fourth-order valence-corrected chi connectivity index (χ4v) is 6.90. The van der Waals surface area contributed by atoms with E-state index in [-0.39, 0.29) is 22.9 Å². The quantitative estimate of drug-likeness (QED) is 0.585. The fraction of sp³-hybridized carbons (Fsp3) is 0.526. The number of nitrogens with zero attached hydrogens (tertiary/aromatic N) is 2. The van der Waals surface area contributed by atoms with Crippen LogP contribution in [0, 0.1) is 0 Å². The zero-order chi connectivity index (χ0) is 21.1. The van der Waals surface area contributed by atoms with Gasteiger partial charge in [0.1, 0.15) is 4.21 Å². The van der Waals surface area contributed by atoms with Gasteiger partial charge < -0.3 is 14.6 Å². The summed E-state index contributed by atoms with van der Waals surface area (Å²) < 4.78 is 38.9. The first kappa shape index (κ1) is 22.1. The van der Waals surface area contributed by atoms with E-state index in [1.807, 2.05) is 4.90 Å². The number of piperidine rings is 1. The maximum Gasteiger partial charge on any atom is 0.337 e. The molecular weight excluding hydrogens is 416 g/mol. The Kier molecular flexibility index (Phi) is 6.92. The van der Waals surface area contributed by atoms with Crippen molar-refractivity contribution in [3.8, 4) is 0 Å². The molecule has 160 valence electrons. The van der Waals surface area contributed by atoms with E-state index in [0.29, 0.717) is 50.6 Å². The lowest BCUT2D eigenvalue weighted by Gasteiger charge is -2.36. The van der Waals surface area contributed by atoms with Crippen molar-refractivity contribution in [1.82, 2.24) is 9.21 Å². The van der Waals surface area contributed by atoms with Gasteiger partial charge in [0.05, 0.1) is 18.8 Å². The molecule has 3 rings (SSSR count). The summed E-state index contributed by atoms with van der Waals surface area (Å²) in [6.07, 6.45) is 4.34. The Hall–Kier alpha value is -1.56. The standard InChI is InChI=1S/C19H26N2O6S2/c1-3-7-20(8-4-2)14-15-13-16(17(22)23)18(28-15)29(24,25)21-9-5-19(6-10-21)26-11-12-27-19/h3-4,13H,1-2,5-12,14H2,(H,22,23). The van der Waals surface area contributed by atoms with Crippen molar-refractivity contribution < 1.29 is 27.8 Å². The fourth-order valence-electron chi connectivity index (χ4n) is 3.60. The van der Waals surface area contributed by atoms with Gasteiger partial charge in [0, 0.05) is 50.4 Å². The predicted molar refractivity (Wildman–Crippen MR) is 110 cm³/mol. The molecule has 0 unspecified atom stereocenters. The molecule has 1 aromatic heterocycles. The van der Waals surface area contributed by atoms with Crippen molar-refractivity contribution in [2.45, 2.75) is 29.4 Å². The second kappa shape index (κ2) is 9.07. The number of sulfonamides is 1. The van der Waals surface area contributed by atoms with Crippen LogP contribution >= 0.6 is 11.3 Å². The summed E-state index contributed by atoms with van der Waals surface area (Å²) in [5, 5.41) is 9.59. The summed E-state index contributed by atoms with van der Waals surface area (Å²) in [7, 11) is -3.92. The van der Waals surface area contributed by atoms with Crippen molar-refractivity contribution in [2.75, 3.05) is 39.4 Å². The second-order valence-corrected chi connectivity index (χ2v) is 10.3. The van der Waals surface area contributed by atoms with Gasteiger partial charge in [-0.15, -0.1) is 24.5 Å². The van der Waals surface area contributed by atoms with Crippen LogP contribution in [-0.2, 0) is 26.0 Å². The maximum atomic E-state index is 13.2. The molecule has 2 saturated heterocycles. The molecule has 10 heteroatoms. The Balaban J connectivity index is 1.82. The number of ether oxygens (including phenoxy) is 2. The summed E-state index contributed by atoms with van der Waals surface area (Å²) in [5.41, 5.74) is -0.184. The first-order valence-corrected chi connectivity index (χ1v) is 11.7. The lowest BCUT2D eigenvalue weighted by Crippen LogP contribution is -2.47. The number of thiophene rings is 1. The molecule has 1 aromatic rings. The molecule has 3 heterocycles. The smallest absolute Gasteiger partial charge is 0.337 e. The number of hydrogen-bond donors (Lipinski definition) is 1. The van der Waals surface area contributed by atoms with Crippen molar-refractivity contribution in [3.05, 3.63) is 41.8 Å². The lowest BCUT2D eigenvalue weighted by atomic mass is 10.1. The number of carbonyl (C=O) groups is 1. The number of aromatic carboxylic acids is 1. The van der Waals surface area contributed by atoms with Gasteiger partial charge in [-0.1, -0.05) is 12.2 Å². The molecule has 0 amide bonds. The van der Waals surface area contributed by atoms with E-state index < -0.39 is 21.8 Å². The number of hydrogen-bond acceptors (Lipinski definition) is 7. The van der Waals surface area contributed by atoms with Crippen LogP contribution in [0.25, 0.3) is 0 Å². The highest BCUT2D eigenvalue weighted by Crippen LogP contribution is 2.36. The Morgan fingerprint density at radius 3 is 2.34 bits per heavy atom. The summed E-state index contributed by atoms with van der Waals surface area (Å²) in [5.74, 6) is -1.95. The Morgan fingerprint density at radius 2 is 1.83 bits per heavy atom. The third kappa shape index (κ3) is 4.79. The second-order valence-electron chi connectivity index (χ2n) is 7.00. The van der Waals surface area contributed by atoms with Gasteiger partial charge in [-0.3, -0.25) is 4.90 Å². The zero-order valence-corrected chi connectivity index (χ0v) is 17.8. The van der Waals surface area contributed by atoms with Crippen LogP contribution in [0.2, 0.25) is 0 Å². The van der Waals surface area contributed by atoms with E-state index in [4.69, 9.17) is 9.47 Å². The first-order chi connectivity index (χ1) is 13.8. The molecule has 2 aliphatic heterocycles. The predicted octanol–water partition coefficient (Wildman–Crippen LogP) is 2.15. The molecule has 1 spiro atoms. The topological polar surface area (TPSA) is 96.4 Å². The van der Waals surface area contributed by atoms with E-state index in [1.165, 1.54) is 10.4 Å². The zero-order valence-electron chi connectivity index (χ0n) is 16.2. The van der Waals surface area contributed by atoms with Gasteiger partial charge in [-0.05, 0) is 6.07 Å². The van der Waals surface area contributed by atoms with Gasteiger partial charge in [-0.2, -0.15) is 4.31 Å². The van der Waals surface area contributed by atoms with Gasteiger partial charge in [0.15, 0.2) is 5.79 Å². The maximum absolute atomic E-state index is 13.2. The Labute approximate surface area is 175 Å². The van der Waals surface area contributed by atoms with Crippen LogP contribution in [0.5, 0.6) is 0 Å². The van der Waals surface area contributed by atoms with Gasteiger partial charge in [0.25, 0.3) is 10.0 Å². The van der Waals surface area contributed by atoms with Crippen molar-refractivity contribution >= 4 is 27.3 Å². The minimum Gasteiger partial charge on any atom is -0.478 e. The van der Waals surface area contributed by atoms with Crippen LogP contribution in [-0.4, -0.2) is 73.9 Å². The largest absolute Gasteiger partial charge is 0.478 e. The summed E-state index contributed by atoms with van der Waals surface area (Å²) in [6, 6.07) is 1.45. The number of carboxylic acids is 1. The number of rotatable bonds is 9. The van der Waals surface area contributed by atoms with Crippen LogP contribution < -0.4 is 0 Å². The summed E-state index contributed by atoms with van der Waals surface area (Å²) in [6.45, 7) is 10.5. The van der Waals surface area contributed by atoms with Gasteiger partial charge in [0.2, 0.25) is 0 Å². The molecule has 0 bridgehead atoms. The minimum atomic E-state index is -3.92. The van der Waals surface area contributed by atoms with Crippen LogP contribution in [0.15, 0.2) is 35.6 Å². The molecule has 0 aliphatic carbocycles. The molecule has 8 nitrogen and oxygen atoms in total. The number of carboxylic acid groups (broad SMARTS) is 1. The lowest BCUT2D eigenvalue weighted by molar-refractivity contribution is -0.179. The van der Waals surface area contributed by atoms with Crippen LogP contribution in [0.3, 0.4) is 0 Å². The molecule has 1 N–H and O–H groups in total. The van der Waals surface area contributed by atoms with Gasteiger partial charge >= 0.3 is 5.97 Å². The van der Waals surface area contributed by atoms with Crippen molar-refractivity contribution in [3.63, 3.8) is 0 Å². The Bertz CT molecular complexity index is 853. The third-order valence-electron chi connectivity index (χ3n) is 5.01. The SMILES string of the molecule is C=CCN(CC=C)Cc1cc(C(=O)O)c(S(=O)(=O)N2CCC3(CC2)OCCO3)s1. The molecule has 2 aliphatic rings. The van der Waals surface area contributed by atoms with Crippen molar-refractivity contribution in [1.29, 1.82) is 0 Å². The van der Waals surface area contributed by atoms with E-state index in [1.54, 1.807) is 12.2 Å². The summed E-state index contributed by atoms with van der Waals surface area (Å²) in [4.78, 5) is 14.4. The highest BCUT2D eigenvalue weighted by molar-refractivity contribution is 7.91. The molecule has 2 fully saturated rings. The highest BCUT2D eigenvalue weighted by Gasteiger charge is 2.43. The first-order valence-electron chi connectivity index (χ1n) is 9.39. The molecular formula is C19H26N2O6S2. The average Bonchev–Trinajstić information content (AvgIpc) is 3.30. The molecule has 0 aromatic carbocycles. The minimum absolute atomic E-state index is 0.124. The molecule has 0 radical (unpaired) electrons. The van der Waals surface area contributed by atoms with Crippen LogP contribution in [0.4, 0.5) is 0 Å². The normalized spacial score (nSPS) is 19.6. The Morgan fingerprint density at radius 1 is 1.24 bits per heavy atom. The average molecular weight is 443 g/mol. The summed E-state index contributed by atoms with van der Waals surface area (Å²) >= 11 is 1.01. The third-order valence-corrected chi connectivity index (χ3v) is 8.54. The van der Waals surface area contributed by atoms with Gasteiger partial charge in [-0.25, -0.2) is 13.2 Å².